The Balaban J connectivity index is 2.27. The van der Waals surface area contributed by atoms with E-state index in [1.807, 2.05) is 18.9 Å². The molecule has 2 rings (SSSR count). The number of H-pyrrole nitrogens is 1. The fourth-order valence-electron chi connectivity index (χ4n) is 1.07. The SMILES string of the molecule is CCN(C)c1noc(-c2cc(N)n[nH]2)n1. The quantitative estimate of drug-likeness (QED) is 0.762. The van der Waals surface area contributed by atoms with Gasteiger partial charge in [0, 0.05) is 19.7 Å². The molecule has 2 heterocycles. The molecule has 0 aromatic carbocycles. The summed E-state index contributed by atoms with van der Waals surface area (Å²) in [6.45, 7) is 2.81. The molecule has 0 saturated carbocycles. The van der Waals surface area contributed by atoms with Crippen LogP contribution in [-0.4, -0.2) is 33.9 Å². The third-order valence-electron chi connectivity index (χ3n) is 2.06. The topological polar surface area (TPSA) is 96.9 Å². The predicted octanol–water partition coefficient (Wildman–Crippen LogP) is 0.498. The van der Waals surface area contributed by atoms with Crippen LogP contribution < -0.4 is 10.6 Å². The van der Waals surface area contributed by atoms with Crippen molar-refractivity contribution >= 4 is 11.8 Å². The van der Waals surface area contributed by atoms with Gasteiger partial charge in [0.1, 0.15) is 11.5 Å². The molecule has 0 bridgehead atoms. The van der Waals surface area contributed by atoms with Crippen molar-refractivity contribution in [2.24, 2.45) is 0 Å². The number of hydrogen-bond acceptors (Lipinski definition) is 6. The molecule has 3 N–H and O–H groups in total. The number of aromatic nitrogens is 4. The Kier molecular flexibility index (Phi) is 2.28. The minimum atomic E-state index is 0.384. The molecular weight excluding hydrogens is 196 g/mol. The lowest BCUT2D eigenvalue weighted by molar-refractivity contribution is 0.429. The molecule has 0 saturated heterocycles. The van der Waals surface area contributed by atoms with E-state index in [9.17, 15) is 0 Å². The van der Waals surface area contributed by atoms with Crippen molar-refractivity contribution in [2.75, 3.05) is 24.2 Å². The summed E-state index contributed by atoms with van der Waals surface area (Å²) in [5, 5.41) is 10.3. The van der Waals surface area contributed by atoms with Gasteiger partial charge >= 0.3 is 0 Å². The molecule has 7 nitrogen and oxygen atoms in total. The van der Waals surface area contributed by atoms with Crippen molar-refractivity contribution in [3.05, 3.63) is 6.07 Å². The summed E-state index contributed by atoms with van der Waals surface area (Å²) in [6, 6.07) is 1.64. The van der Waals surface area contributed by atoms with Gasteiger partial charge in [-0.05, 0) is 12.1 Å². The van der Waals surface area contributed by atoms with E-state index in [1.54, 1.807) is 6.07 Å². The first-order valence-electron chi connectivity index (χ1n) is 4.56. The lowest BCUT2D eigenvalue weighted by Gasteiger charge is -2.08. The van der Waals surface area contributed by atoms with Gasteiger partial charge in [0.05, 0.1) is 0 Å². The second-order valence-corrected chi connectivity index (χ2v) is 3.12. The van der Waals surface area contributed by atoms with Gasteiger partial charge in [-0.1, -0.05) is 0 Å². The second-order valence-electron chi connectivity index (χ2n) is 3.12. The van der Waals surface area contributed by atoms with Gasteiger partial charge in [-0.2, -0.15) is 10.1 Å². The molecule has 0 aliphatic rings. The summed E-state index contributed by atoms with van der Waals surface area (Å²) >= 11 is 0. The molecule has 0 spiro atoms. The first-order valence-corrected chi connectivity index (χ1v) is 4.56. The van der Waals surface area contributed by atoms with E-state index in [0.29, 0.717) is 23.4 Å². The molecule has 0 aliphatic heterocycles. The van der Waals surface area contributed by atoms with Crippen LogP contribution in [0, 0.1) is 0 Å². The van der Waals surface area contributed by atoms with Gasteiger partial charge in [0.25, 0.3) is 11.8 Å². The molecule has 0 amide bonds. The van der Waals surface area contributed by atoms with E-state index in [0.717, 1.165) is 6.54 Å². The summed E-state index contributed by atoms with van der Waals surface area (Å²) in [7, 11) is 1.88. The molecular formula is C8H12N6O. The van der Waals surface area contributed by atoms with Crippen LogP contribution in [0.4, 0.5) is 11.8 Å². The first-order chi connectivity index (χ1) is 7.20. The number of aromatic amines is 1. The van der Waals surface area contributed by atoms with Crippen LogP contribution in [0.3, 0.4) is 0 Å². The Bertz CT molecular complexity index is 447. The number of rotatable bonds is 3. The van der Waals surface area contributed by atoms with Gasteiger partial charge < -0.3 is 15.2 Å². The molecule has 2 aromatic rings. The average Bonchev–Trinajstić information content (AvgIpc) is 2.84. The van der Waals surface area contributed by atoms with Gasteiger partial charge in [0.2, 0.25) is 0 Å². The monoisotopic (exact) mass is 208 g/mol. The summed E-state index contributed by atoms with van der Waals surface area (Å²) < 4.78 is 5.06. The summed E-state index contributed by atoms with van der Waals surface area (Å²) in [5.74, 6) is 1.32. The minimum absolute atomic E-state index is 0.384. The standard InChI is InChI=1S/C8H12N6O/c1-3-14(2)8-10-7(15-13-8)5-4-6(9)12-11-5/h4H,3H2,1-2H3,(H3,9,11,12). The summed E-state index contributed by atoms with van der Waals surface area (Å²) in [6.07, 6.45) is 0. The fourth-order valence-corrected chi connectivity index (χ4v) is 1.07. The molecule has 15 heavy (non-hydrogen) atoms. The lowest BCUT2D eigenvalue weighted by Crippen LogP contribution is -2.16. The van der Waals surface area contributed by atoms with Crippen molar-refractivity contribution in [3.8, 4) is 11.6 Å². The average molecular weight is 208 g/mol. The highest BCUT2D eigenvalue weighted by Crippen LogP contribution is 2.18. The maximum Gasteiger partial charge on any atom is 0.277 e. The summed E-state index contributed by atoms with van der Waals surface area (Å²) in [5.41, 5.74) is 6.09. The number of nitrogens with two attached hydrogens (primary N) is 1. The highest BCUT2D eigenvalue weighted by atomic mass is 16.5. The zero-order valence-electron chi connectivity index (χ0n) is 8.56. The van der Waals surface area contributed by atoms with Gasteiger partial charge in [-0.25, -0.2) is 0 Å². The number of nitrogens with one attached hydrogen (secondary N) is 1. The molecule has 7 heteroatoms. The van der Waals surface area contributed by atoms with Crippen molar-refractivity contribution in [2.45, 2.75) is 6.92 Å². The third kappa shape index (κ3) is 1.76. The maximum absolute atomic E-state index is 5.47. The fraction of sp³-hybridized carbons (Fsp3) is 0.375. The van der Waals surface area contributed by atoms with E-state index in [2.05, 4.69) is 20.3 Å². The Hall–Kier alpha value is -2.05. The highest BCUT2D eigenvalue weighted by Gasteiger charge is 2.12. The van der Waals surface area contributed by atoms with Crippen LogP contribution in [0.1, 0.15) is 6.92 Å². The van der Waals surface area contributed by atoms with Crippen molar-refractivity contribution in [3.63, 3.8) is 0 Å². The van der Waals surface area contributed by atoms with Crippen molar-refractivity contribution < 1.29 is 4.52 Å². The van der Waals surface area contributed by atoms with Crippen molar-refractivity contribution in [1.29, 1.82) is 0 Å². The van der Waals surface area contributed by atoms with Crippen LogP contribution in [0.25, 0.3) is 11.6 Å². The number of hydrogen-bond donors (Lipinski definition) is 2. The summed E-state index contributed by atoms with van der Waals surface area (Å²) in [4.78, 5) is 6.05. The molecule has 0 aliphatic carbocycles. The van der Waals surface area contributed by atoms with Gasteiger partial charge in [0.15, 0.2) is 0 Å². The van der Waals surface area contributed by atoms with Crippen molar-refractivity contribution in [1.82, 2.24) is 20.3 Å². The molecule has 80 valence electrons. The van der Waals surface area contributed by atoms with Crippen LogP contribution in [0.5, 0.6) is 0 Å². The van der Waals surface area contributed by atoms with Crippen LogP contribution >= 0.6 is 0 Å². The van der Waals surface area contributed by atoms with E-state index >= 15 is 0 Å². The Morgan fingerprint density at radius 2 is 2.40 bits per heavy atom. The third-order valence-corrected chi connectivity index (χ3v) is 2.06. The number of nitrogens with zero attached hydrogens (tertiary/aromatic N) is 4. The first kappa shape index (κ1) is 9.50. The number of anilines is 2. The molecule has 0 atom stereocenters. The van der Waals surface area contributed by atoms with E-state index < -0.39 is 0 Å². The normalized spacial score (nSPS) is 10.5. The Morgan fingerprint density at radius 3 is 3.00 bits per heavy atom. The zero-order valence-corrected chi connectivity index (χ0v) is 8.56. The lowest BCUT2D eigenvalue weighted by atomic mass is 10.4. The van der Waals surface area contributed by atoms with E-state index in [1.165, 1.54) is 0 Å². The molecule has 0 radical (unpaired) electrons. The smallest absolute Gasteiger partial charge is 0.277 e. The second kappa shape index (κ2) is 3.60. The minimum Gasteiger partial charge on any atom is -0.382 e. The van der Waals surface area contributed by atoms with E-state index in [-0.39, 0.29) is 0 Å². The zero-order chi connectivity index (χ0) is 10.8. The Morgan fingerprint density at radius 1 is 1.60 bits per heavy atom. The number of nitrogen functional groups attached to an aromatic ring is 1. The molecule has 2 aromatic heterocycles. The van der Waals surface area contributed by atoms with E-state index in [4.69, 9.17) is 10.3 Å². The molecule has 0 fully saturated rings. The van der Waals surface area contributed by atoms with Gasteiger partial charge in [-0.15, -0.1) is 0 Å². The van der Waals surface area contributed by atoms with Gasteiger partial charge in [-0.3, -0.25) is 5.10 Å². The Labute approximate surface area is 86.3 Å². The van der Waals surface area contributed by atoms with Crippen LogP contribution in [-0.2, 0) is 0 Å². The maximum atomic E-state index is 5.47. The predicted molar refractivity (Wildman–Crippen MR) is 55.2 cm³/mol. The molecule has 0 unspecified atom stereocenters. The highest BCUT2D eigenvalue weighted by molar-refractivity contribution is 5.53. The van der Waals surface area contributed by atoms with Crippen LogP contribution in [0.2, 0.25) is 0 Å². The van der Waals surface area contributed by atoms with Crippen LogP contribution in [0.15, 0.2) is 10.6 Å². The largest absolute Gasteiger partial charge is 0.382 e.